The third kappa shape index (κ3) is 2.54. The lowest BCUT2D eigenvalue weighted by Crippen LogP contribution is -2.37. The van der Waals surface area contributed by atoms with Crippen molar-refractivity contribution in [3.63, 3.8) is 0 Å². The van der Waals surface area contributed by atoms with E-state index >= 15 is 0 Å². The molecule has 1 aliphatic rings. The van der Waals surface area contributed by atoms with Gasteiger partial charge in [0.15, 0.2) is 5.65 Å². The van der Waals surface area contributed by atoms with Crippen molar-refractivity contribution < 1.29 is 4.74 Å². The van der Waals surface area contributed by atoms with Gasteiger partial charge in [0.2, 0.25) is 0 Å². The minimum absolute atomic E-state index is 0.468. The Balaban J connectivity index is 1.56. The molecule has 6 nitrogen and oxygen atoms in total. The van der Waals surface area contributed by atoms with Gasteiger partial charge in [-0.3, -0.25) is 0 Å². The van der Waals surface area contributed by atoms with Gasteiger partial charge in [0.1, 0.15) is 5.82 Å². The van der Waals surface area contributed by atoms with E-state index in [1.165, 1.54) is 5.39 Å². The Morgan fingerprint density at radius 3 is 2.92 bits per heavy atom. The van der Waals surface area contributed by atoms with E-state index in [-0.39, 0.29) is 0 Å². The summed E-state index contributed by atoms with van der Waals surface area (Å²) < 4.78 is 7.42. The Hall–Kier alpha value is -2.86. The molecule has 26 heavy (non-hydrogen) atoms. The molecular formula is C20H21N5O. The Kier molecular flexibility index (Phi) is 3.64. The highest BCUT2D eigenvalue weighted by Gasteiger charge is 2.20. The monoisotopic (exact) mass is 347 g/mol. The summed E-state index contributed by atoms with van der Waals surface area (Å²) >= 11 is 0. The summed E-state index contributed by atoms with van der Waals surface area (Å²) in [5.74, 6) is 0.963. The lowest BCUT2D eigenvalue weighted by atomic mass is 10.1. The van der Waals surface area contributed by atoms with Crippen LogP contribution in [0.15, 0.2) is 48.8 Å². The predicted molar refractivity (Wildman–Crippen MR) is 103 cm³/mol. The number of H-pyrrole nitrogens is 1. The lowest BCUT2D eigenvalue weighted by molar-refractivity contribution is 0.0853. The lowest BCUT2D eigenvalue weighted by Gasteiger charge is -2.31. The quantitative estimate of drug-likeness (QED) is 0.616. The molecule has 1 aromatic carbocycles. The topological polar surface area (TPSA) is 58.5 Å². The van der Waals surface area contributed by atoms with Crippen LogP contribution in [-0.2, 0) is 4.74 Å². The molecule has 132 valence electrons. The van der Waals surface area contributed by atoms with Crippen LogP contribution in [0.5, 0.6) is 0 Å². The Morgan fingerprint density at radius 1 is 1.15 bits per heavy atom. The van der Waals surface area contributed by atoms with E-state index in [2.05, 4.69) is 52.2 Å². The first-order chi connectivity index (χ1) is 12.8. The van der Waals surface area contributed by atoms with E-state index in [9.17, 15) is 0 Å². The average Bonchev–Trinajstić information content (AvgIpc) is 3.33. The van der Waals surface area contributed by atoms with E-state index in [0.717, 1.165) is 54.3 Å². The number of nitrogens with zero attached hydrogens (tertiary/aromatic N) is 4. The fourth-order valence-electron chi connectivity index (χ4n) is 3.72. The minimum atomic E-state index is 0.468. The van der Waals surface area contributed by atoms with E-state index in [1.807, 2.05) is 23.0 Å². The number of hydrogen-bond donors (Lipinski definition) is 1. The fourth-order valence-corrected chi connectivity index (χ4v) is 3.72. The van der Waals surface area contributed by atoms with Gasteiger partial charge >= 0.3 is 0 Å². The Morgan fingerprint density at radius 2 is 2.04 bits per heavy atom. The number of benzene rings is 1. The molecule has 0 bridgehead atoms. The number of nitrogens with one attached hydrogen (secondary N) is 1. The first-order valence-electron chi connectivity index (χ1n) is 9.02. The summed E-state index contributed by atoms with van der Waals surface area (Å²) in [6, 6.07) is 13.0. The Bertz CT molecular complexity index is 1060. The molecule has 0 radical (unpaired) electrons. The van der Waals surface area contributed by atoms with Crippen molar-refractivity contribution in [1.29, 1.82) is 0 Å². The van der Waals surface area contributed by atoms with Gasteiger partial charge in [-0.25, -0.2) is 9.50 Å². The highest BCUT2D eigenvalue weighted by atomic mass is 16.5. The molecule has 0 aliphatic carbocycles. The van der Waals surface area contributed by atoms with Crippen molar-refractivity contribution >= 4 is 22.4 Å². The number of rotatable bonds is 3. The molecule has 4 aromatic rings. The van der Waals surface area contributed by atoms with Crippen molar-refractivity contribution in [3.8, 4) is 11.3 Å². The second-order valence-electron chi connectivity index (χ2n) is 6.84. The van der Waals surface area contributed by atoms with E-state index in [0.29, 0.717) is 6.04 Å². The highest BCUT2D eigenvalue weighted by Crippen LogP contribution is 2.26. The molecule has 0 saturated carbocycles. The minimum Gasteiger partial charge on any atom is -0.381 e. The van der Waals surface area contributed by atoms with Crippen LogP contribution < -0.4 is 4.90 Å². The average molecular weight is 347 g/mol. The van der Waals surface area contributed by atoms with Crippen molar-refractivity contribution in [2.75, 3.05) is 25.2 Å². The van der Waals surface area contributed by atoms with Gasteiger partial charge in [-0.1, -0.05) is 12.1 Å². The SMILES string of the molecule is CN(c1ccc2ncc(-c3ccc4cc[nH]c4c3)n2n1)C1CCOCC1. The van der Waals surface area contributed by atoms with Crippen LogP contribution in [0.1, 0.15) is 12.8 Å². The molecule has 0 spiro atoms. The van der Waals surface area contributed by atoms with Crippen LogP contribution >= 0.6 is 0 Å². The number of aromatic amines is 1. The molecule has 5 rings (SSSR count). The first kappa shape index (κ1) is 15.4. The van der Waals surface area contributed by atoms with E-state index < -0.39 is 0 Å². The third-order valence-corrected chi connectivity index (χ3v) is 5.30. The van der Waals surface area contributed by atoms with Gasteiger partial charge in [0, 0.05) is 43.6 Å². The van der Waals surface area contributed by atoms with Gasteiger partial charge in [-0.15, -0.1) is 5.10 Å². The number of fused-ring (bicyclic) bond motifs is 2. The van der Waals surface area contributed by atoms with E-state index in [4.69, 9.17) is 9.84 Å². The van der Waals surface area contributed by atoms with Crippen molar-refractivity contribution in [3.05, 3.63) is 48.8 Å². The summed E-state index contributed by atoms with van der Waals surface area (Å²) in [4.78, 5) is 10.1. The standard InChI is InChI=1S/C20H21N5O/c1-24(16-7-10-26-11-8-16)20-5-4-19-22-13-18(25(19)23-20)15-3-2-14-6-9-21-17(14)12-15/h2-6,9,12-13,16,21H,7-8,10-11H2,1H3. The fraction of sp³-hybridized carbons (Fsp3) is 0.300. The van der Waals surface area contributed by atoms with Crippen molar-refractivity contribution in [1.82, 2.24) is 19.6 Å². The smallest absolute Gasteiger partial charge is 0.154 e. The van der Waals surface area contributed by atoms with Crippen LogP contribution in [0.25, 0.3) is 27.8 Å². The molecule has 1 fully saturated rings. The third-order valence-electron chi connectivity index (χ3n) is 5.30. The number of ether oxygens (including phenoxy) is 1. The van der Waals surface area contributed by atoms with Crippen LogP contribution in [-0.4, -0.2) is 45.9 Å². The van der Waals surface area contributed by atoms with Crippen molar-refractivity contribution in [2.45, 2.75) is 18.9 Å². The molecule has 1 N–H and O–H groups in total. The second kappa shape index (κ2) is 6.14. The van der Waals surface area contributed by atoms with E-state index in [1.54, 1.807) is 0 Å². The largest absolute Gasteiger partial charge is 0.381 e. The maximum absolute atomic E-state index is 5.48. The maximum atomic E-state index is 5.48. The zero-order valence-corrected chi connectivity index (χ0v) is 14.7. The van der Waals surface area contributed by atoms with Gasteiger partial charge in [-0.2, -0.15) is 0 Å². The number of hydrogen-bond acceptors (Lipinski definition) is 4. The maximum Gasteiger partial charge on any atom is 0.154 e. The molecule has 0 atom stereocenters. The molecule has 0 amide bonds. The molecular weight excluding hydrogens is 326 g/mol. The molecule has 6 heteroatoms. The van der Waals surface area contributed by atoms with Crippen molar-refractivity contribution in [2.24, 2.45) is 0 Å². The van der Waals surface area contributed by atoms with Crippen LogP contribution in [0.2, 0.25) is 0 Å². The zero-order valence-electron chi connectivity index (χ0n) is 14.7. The molecule has 0 unspecified atom stereocenters. The summed E-state index contributed by atoms with van der Waals surface area (Å²) in [5, 5.41) is 6.09. The number of imidazole rings is 1. The van der Waals surface area contributed by atoms with Gasteiger partial charge in [-0.05, 0) is 42.5 Å². The highest BCUT2D eigenvalue weighted by molar-refractivity contribution is 5.84. The van der Waals surface area contributed by atoms with Gasteiger partial charge in [0.25, 0.3) is 0 Å². The predicted octanol–water partition coefficient (Wildman–Crippen LogP) is 3.49. The number of anilines is 1. The molecule has 1 saturated heterocycles. The molecule has 3 aromatic heterocycles. The summed E-state index contributed by atoms with van der Waals surface area (Å²) in [5.41, 5.74) is 4.08. The van der Waals surface area contributed by atoms with Gasteiger partial charge < -0.3 is 14.6 Å². The normalized spacial score (nSPS) is 15.7. The molecule has 4 heterocycles. The van der Waals surface area contributed by atoms with Crippen LogP contribution in [0.3, 0.4) is 0 Å². The van der Waals surface area contributed by atoms with Crippen LogP contribution in [0.4, 0.5) is 5.82 Å². The number of aromatic nitrogens is 4. The molecule has 1 aliphatic heterocycles. The first-order valence-corrected chi connectivity index (χ1v) is 9.02. The second-order valence-corrected chi connectivity index (χ2v) is 6.84. The summed E-state index contributed by atoms with van der Waals surface area (Å²) in [6.07, 6.45) is 5.93. The van der Waals surface area contributed by atoms with Crippen LogP contribution in [0, 0.1) is 0 Å². The Labute approximate surface area is 151 Å². The zero-order chi connectivity index (χ0) is 17.5. The summed E-state index contributed by atoms with van der Waals surface area (Å²) in [7, 11) is 2.12. The summed E-state index contributed by atoms with van der Waals surface area (Å²) in [6.45, 7) is 1.65. The van der Waals surface area contributed by atoms with Gasteiger partial charge in [0.05, 0.1) is 11.9 Å².